The van der Waals surface area contributed by atoms with Crippen LogP contribution >= 0.6 is 0 Å². The zero-order chi connectivity index (χ0) is 16.8. The summed E-state index contributed by atoms with van der Waals surface area (Å²) in [6, 6.07) is -0.988. The van der Waals surface area contributed by atoms with E-state index in [1.165, 1.54) is 0 Å². The molecule has 120 valence electrons. The van der Waals surface area contributed by atoms with E-state index in [2.05, 4.69) is 16.3 Å². The zero-order valence-corrected chi connectivity index (χ0v) is 11.1. The highest BCUT2D eigenvalue weighted by molar-refractivity contribution is 5.66. The van der Waals surface area contributed by atoms with Gasteiger partial charge in [0.2, 0.25) is 0 Å². The number of rotatable bonds is 7. The van der Waals surface area contributed by atoms with Crippen molar-refractivity contribution in [3.63, 3.8) is 0 Å². The number of anilines is 1. The molecule has 0 aliphatic carbocycles. The number of terminal acetylenes is 1. The maximum atomic E-state index is 12.8. The predicted molar refractivity (Wildman–Crippen MR) is 69.2 cm³/mol. The van der Waals surface area contributed by atoms with Gasteiger partial charge in [-0.1, -0.05) is 5.92 Å². The topological polar surface area (TPSA) is 104 Å². The molecule has 1 heterocycles. The first-order chi connectivity index (χ1) is 10.3. The Kier molecular flexibility index (Phi) is 5.94. The molecule has 3 N–H and O–H groups in total. The molecule has 0 fully saturated rings. The molecule has 22 heavy (non-hydrogen) atoms. The van der Waals surface area contributed by atoms with Crippen molar-refractivity contribution in [2.75, 3.05) is 18.5 Å². The average Bonchev–Trinajstić information content (AvgIpc) is 2.40. The number of hydrogen-bond acceptors (Lipinski definition) is 5. The van der Waals surface area contributed by atoms with Crippen molar-refractivity contribution in [3.8, 4) is 12.3 Å². The van der Waals surface area contributed by atoms with Crippen LogP contribution in [0.25, 0.3) is 0 Å². The first-order valence-electron chi connectivity index (χ1n) is 5.92. The summed E-state index contributed by atoms with van der Waals surface area (Å²) in [6.45, 7) is -0.372. The third-order valence-electron chi connectivity index (χ3n) is 2.42. The summed E-state index contributed by atoms with van der Waals surface area (Å²) in [5.74, 6) is 1.07. The lowest BCUT2D eigenvalue weighted by atomic mass is 10.2. The van der Waals surface area contributed by atoms with E-state index in [1.54, 1.807) is 5.10 Å². The minimum Gasteiger partial charge on any atom is -0.481 e. The Hall–Kier alpha value is -2.54. The van der Waals surface area contributed by atoms with Gasteiger partial charge in [0.15, 0.2) is 0 Å². The summed E-state index contributed by atoms with van der Waals surface area (Å²) in [4.78, 5) is 21.6. The van der Waals surface area contributed by atoms with Crippen molar-refractivity contribution in [1.29, 1.82) is 0 Å². The number of aromatic nitrogens is 2. The number of H-pyrrole nitrogens is 1. The number of carbonyl (C=O) groups is 1. The van der Waals surface area contributed by atoms with E-state index >= 15 is 0 Å². The van der Waals surface area contributed by atoms with Gasteiger partial charge in [-0.25, -0.2) is 5.10 Å². The van der Waals surface area contributed by atoms with E-state index in [0.717, 1.165) is 6.20 Å². The zero-order valence-electron chi connectivity index (χ0n) is 11.1. The number of aromatic amines is 1. The fourth-order valence-corrected chi connectivity index (χ4v) is 1.47. The normalized spacial score (nSPS) is 12.5. The summed E-state index contributed by atoms with van der Waals surface area (Å²) in [7, 11) is 0. The molecule has 7 nitrogen and oxygen atoms in total. The van der Waals surface area contributed by atoms with Crippen LogP contribution in [0.2, 0.25) is 0 Å². The molecule has 0 amide bonds. The molecule has 0 spiro atoms. The average molecular weight is 319 g/mol. The van der Waals surface area contributed by atoms with Crippen molar-refractivity contribution >= 4 is 11.7 Å². The van der Waals surface area contributed by atoms with Gasteiger partial charge in [0.25, 0.3) is 5.56 Å². The number of ether oxygens (including phenoxy) is 1. The van der Waals surface area contributed by atoms with E-state index in [1.807, 2.05) is 0 Å². The van der Waals surface area contributed by atoms with Crippen LogP contribution in [0.3, 0.4) is 0 Å². The first kappa shape index (κ1) is 17.5. The lowest BCUT2D eigenvalue weighted by molar-refractivity contribution is -0.139. The van der Waals surface area contributed by atoms with Crippen molar-refractivity contribution in [2.45, 2.75) is 18.6 Å². The molecule has 0 aliphatic heterocycles. The molecule has 1 rings (SSSR count). The van der Waals surface area contributed by atoms with Gasteiger partial charge in [-0.2, -0.15) is 18.3 Å². The van der Waals surface area contributed by atoms with Gasteiger partial charge >= 0.3 is 12.1 Å². The molecule has 10 heteroatoms. The molecular weight excluding hydrogens is 307 g/mol. The second kappa shape index (κ2) is 7.46. The van der Waals surface area contributed by atoms with Gasteiger partial charge in [-0.3, -0.25) is 9.59 Å². The highest BCUT2D eigenvalue weighted by atomic mass is 19.4. The fourth-order valence-electron chi connectivity index (χ4n) is 1.47. The van der Waals surface area contributed by atoms with Crippen LogP contribution in [0.1, 0.15) is 12.0 Å². The van der Waals surface area contributed by atoms with Gasteiger partial charge in [-0.15, -0.1) is 6.42 Å². The molecule has 0 aromatic carbocycles. The largest absolute Gasteiger partial charge is 0.481 e. The second-order valence-electron chi connectivity index (χ2n) is 4.07. The van der Waals surface area contributed by atoms with Crippen molar-refractivity contribution in [1.82, 2.24) is 10.2 Å². The molecule has 0 saturated carbocycles. The van der Waals surface area contributed by atoms with Crippen LogP contribution in [0, 0.1) is 12.3 Å². The summed E-state index contributed by atoms with van der Waals surface area (Å²) in [6.07, 6.45) is 0.794. The summed E-state index contributed by atoms with van der Waals surface area (Å²) >= 11 is 0. The van der Waals surface area contributed by atoms with Crippen LogP contribution in [0.5, 0.6) is 0 Å². The lowest BCUT2D eigenvalue weighted by Crippen LogP contribution is -2.30. The molecule has 0 radical (unpaired) electrons. The van der Waals surface area contributed by atoms with Crippen molar-refractivity contribution in [2.24, 2.45) is 0 Å². The van der Waals surface area contributed by atoms with Gasteiger partial charge in [0.1, 0.15) is 11.6 Å². The van der Waals surface area contributed by atoms with Crippen LogP contribution in [-0.2, 0) is 15.7 Å². The Bertz CT molecular complexity index is 621. The first-order valence-corrected chi connectivity index (χ1v) is 5.92. The molecule has 1 aromatic rings. The van der Waals surface area contributed by atoms with Gasteiger partial charge in [-0.05, 0) is 0 Å². The number of nitrogens with one attached hydrogen (secondary N) is 2. The standard InChI is InChI=1S/C12H12F3N3O4/c1-2-7(6-22-4-3-9(19)20)17-8-5-16-18-11(21)10(8)12(13,14)15/h1,5,7H,3-4,6H2,(H,19,20)(H2,17,18,21)/t7-/m0/s1. The molecule has 0 saturated heterocycles. The van der Waals surface area contributed by atoms with E-state index in [-0.39, 0.29) is 19.6 Å². The number of halogens is 3. The Morgan fingerprint density at radius 2 is 2.27 bits per heavy atom. The predicted octanol–water partition coefficient (Wildman–Crippen LogP) is 0.694. The summed E-state index contributed by atoms with van der Waals surface area (Å²) < 4.78 is 43.4. The third-order valence-corrected chi connectivity index (χ3v) is 2.42. The van der Waals surface area contributed by atoms with Crippen LogP contribution in [0.4, 0.5) is 18.9 Å². The Morgan fingerprint density at radius 3 is 2.82 bits per heavy atom. The molecule has 1 aromatic heterocycles. The smallest absolute Gasteiger partial charge is 0.423 e. The monoisotopic (exact) mass is 319 g/mol. The van der Waals surface area contributed by atoms with E-state index < -0.39 is 35.0 Å². The highest BCUT2D eigenvalue weighted by Gasteiger charge is 2.37. The van der Waals surface area contributed by atoms with Gasteiger partial charge in [0, 0.05) is 0 Å². The van der Waals surface area contributed by atoms with Crippen LogP contribution in [-0.4, -0.2) is 40.5 Å². The van der Waals surface area contributed by atoms with Crippen LogP contribution < -0.4 is 10.9 Å². The quantitative estimate of drug-likeness (QED) is 0.505. The van der Waals surface area contributed by atoms with E-state index in [4.69, 9.17) is 16.3 Å². The maximum Gasteiger partial charge on any atom is 0.423 e. The minimum atomic E-state index is -4.89. The van der Waals surface area contributed by atoms with E-state index in [0.29, 0.717) is 0 Å². The van der Waals surface area contributed by atoms with Crippen LogP contribution in [0.15, 0.2) is 11.0 Å². The fraction of sp³-hybridized carbons (Fsp3) is 0.417. The molecule has 0 bridgehead atoms. The third kappa shape index (κ3) is 5.10. The summed E-state index contributed by atoms with van der Waals surface area (Å²) in [5, 5.41) is 15.7. The Labute approximate surface area is 122 Å². The molecule has 0 unspecified atom stereocenters. The lowest BCUT2D eigenvalue weighted by Gasteiger charge is -2.17. The van der Waals surface area contributed by atoms with Gasteiger partial charge in [0.05, 0.1) is 31.5 Å². The number of carboxylic acids is 1. The van der Waals surface area contributed by atoms with Gasteiger partial charge < -0.3 is 15.2 Å². The van der Waals surface area contributed by atoms with Crippen molar-refractivity contribution in [3.05, 3.63) is 22.1 Å². The minimum absolute atomic E-state index is 0.144. The number of aliphatic carboxylic acids is 1. The molecule has 0 aliphatic rings. The molecular formula is C12H12F3N3O4. The number of nitrogens with zero attached hydrogens (tertiary/aromatic N) is 1. The Morgan fingerprint density at radius 1 is 1.59 bits per heavy atom. The SMILES string of the molecule is C#C[C@@H](COCCC(=O)O)Nc1cn[nH]c(=O)c1C(F)(F)F. The highest BCUT2D eigenvalue weighted by Crippen LogP contribution is 2.31. The molecule has 1 atom stereocenters. The summed E-state index contributed by atoms with van der Waals surface area (Å²) in [5.41, 5.74) is -3.44. The number of carboxylic acid groups (broad SMARTS) is 1. The number of alkyl halides is 3. The van der Waals surface area contributed by atoms with E-state index in [9.17, 15) is 22.8 Å². The maximum absolute atomic E-state index is 12.8. The number of hydrogen-bond donors (Lipinski definition) is 3. The second-order valence-corrected chi connectivity index (χ2v) is 4.07. The van der Waals surface area contributed by atoms with Crippen molar-refractivity contribution < 1.29 is 27.8 Å². The Balaban J connectivity index is 2.80.